The van der Waals surface area contributed by atoms with Gasteiger partial charge in [0.15, 0.2) is 6.54 Å². The standard InChI is InChI=1S/C18H26BrN3O3/c1-12-7-15(19)5-6-16(12)20-17(23)10-21(4)18(24)11-22-8-13(2)25-14(3)9-22/h5-7,13-14H,8-11H2,1-4H3,(H,20,23)/p+1/t13-,14-/m1/s1. The Morgan fingerprint density at radius 1 is 1.32 bits per heavy atom. The molecule has 0 bridgehead atoms. The molecule has 0 spiro atoms. The Balaban J connectivity index is 1.84. The number of carbonyl (C=O) groups is 2. The minimum absolute atomic E-state index is 0.0287. The van der Waals surface area contributed by atoms with Gasteiger partial charge in [-0.3, -0.25) is 9.59 Å². The van der Waals surface area contributed by atoms with Gasteiger partial charge in [0.25, 0.3) is 5.91 Å². The predicted molar refractivity (Wildman–Crippen MR) is 101 cm³/mol. The molecule has 2 N–H and O–H groups in total. The topological polar surface area (TPSA) is 63.1 Å². The van der Waals surface area contributed by atoms with Crippen LogP contribution in [0.5, 0.6) is 0 Å². The number of quaternary nitrogens is 1. The normalized spacial score (nSPS) is 23.2. The third kappa shape index (κ3) is 6.09. The van der Waals surface area contributed by atoms with Gasteiger partial charge >= 0.3 is 0 Å². The van der Waals surface area contributed by atoms with E-state index in [0.29, 0.717) is 6.54 Å². The number of nitrogens with zero attached hydrogens (tertiary/aromatic N) is 1. The summed E-state index contributed by atoms with van der Waals surface area (Å²) in [5.41, 5.74) is 1.73. The lowest BCUT2D eigenvalue weighted by molar-refractivity contribution is -0.907. The van der Waals surface area contributed by atoms with Crippen LogP contribution in [0.3, 0.4) is 0 Å². The minimum atomic E-state index is -0.194. The molecule has 7 heteroatoms. The zero-order chi connectivity index (χ0) is 18.6. The van der Waals surface area contributed by atoms with E-state index in [9.17, 15) is 9.59 Å². The lowest BCUT2D eigenvalue weighted by atomic mass is 10.2. The van der Waals surface area contributed by atoms with E-state index in [-0.39, 0.29) is 30.6 Å². The highest BCUT2D eigenvalue weighted by Gasteiger charge is 2.28. The van der Waals surface area contributed by atoms with E-state index in [1.807, 2.05) is 39.0 Å². The highest BCUT2D eigenvalue weighted by atomic mass is 79.9. The molecule has 1 aromatic rings. The van der Waals surface area contributed by atoms with Crippen molar-refractivity contribution in [2.45, 2.75) is 33.0 Å². The van der Waals surface area contributed by atoms with Gasteiger partial charge < -0.3 is 19.9 Å². The number of anilines is 1. The molecule has 1 fully saturated rings. The Hall–Kier alpha value is -1.44. The fourth-order valence-electron chi connectivity index (χ4n) is 3.14. The Morgan fingerprint density at radius 2 is 1.96 bits per heavy atom. The van der Waals surface area contributed by atoms with E-state index in [1.165, 1.54) is 9.80 Å². The molecule has 6 nitrogen and oxygen atoms in total. The van der Waals surface area contributed by atoms with Gasteiger partial charge in [-0.1, -0.05) is 15.9 Å². The molecule has 25 heavy (non-hydrogen) atoms. The minimum Gasteiger partial charge on any atom is -0.364 e. The monoisotopic (exact) mass is 412 g/mol. The summed E-state index contributed by atoms with van der Waals surface area (Å²) >= 11 is 3.40. The second-order valence-corrected chi connectivity index (χ2v) is 7.77. The third-order valence-corrected chi connectivity index (χ3v) is 4.78. The highest BCUT2D eigenvalue weighted by Crippen LogP contribution is 2.19. The zero-order valence-corrected chi connectivity index (χ0v) is 16.9. The van der Waals surface area contributed by atoms with Gasteiger partial charge in [0.1, 0.15) is 25.3 Å². The second-order valence-electron chi connectivity index (χ2n) is 6.85. The molecule has 0 saturated carbocycles. The fourth-order valence-corrected chi connectivity index (χ4v) is 3.62. The van der Waals surface area contributed by atoms with Crippen molar-refractivity contribution in [2.75, 3.05) is 38.5 Å². The quantitative estimate of drug-likeness (QED) is 0.753. The van der Waals surface area contributed by atoms with Crippen molar-refractivity contribution in [3.05, 3.63) is 28.2 Å². The average Bonchev–Trinajstić information content (AvgIpc) is 2.49. The van der Waals surface area contributed by atoms with Crippen LogP contribution in [0.1, 0.15) is 19.4 Å². The lowest BCUT2D eigenvalue weighted by Gasteiger charge is -2.32. The molecule has 0 aliphatic carbocycles. The summed E-state index contributed by atoms with van der Waals surface area (Å²) in [6, 6.07) is 5.66. The number of ether oxygens (including phenoxy) is 1. The van der Waals surface area contributed by atoms with Crippen molar-refractivity contribution in [2.24, 2.45) is 0 Å². The number of morpholine rings is 1. The van der Waals surface area contributed by atoms with E-state index < -0.39 is 0 Å². The number of rotatable bonds is 5. The molecular weight excluding hydrogens is 386 g/mol. The van der Waals surface area contributed by atoms with Crippen molar-refractivity contribution in [1.29, 1.82) is 0 Å². The molecule has 1 heterocycles. The molecule has 138 valence electrons. The van der Waals surface area contributed by atoms with Crippen molar-refractivity contribution < 1.29 is 19.2 Å². The SMILES string of the molecule is Cc1cc(Br)ccc1NC(=O)CN(C)C(=O)C[NH+]1C[C@@H](C)O[C@H](C)C1. The summed E-state index contributed by atoms with van der Waals surface area (Å²) in [6.45, 7) is 8.04. The van der Waals surface area contributed by atoms with E-state index in [1.54, 1.807) is 7.05 Å². The fraction of sp³-hybridized carbons (Fsp3) is 0.556. The first-order valence-corrected chi connectivity index (χ1v) is 9.33. The van der Waals surface area contributed by atoms with Crippen LogP contribution in [0.25, 0.3) is 0 Å². The van der Waals surface area contributed by atoms with Crippen LogP contribution in [-0.2, 0) is 14.3 Å². The first-order valence-electron chi connectivity index (χ1n) is 8.53. The summed E-state index contributed by atoms with van der Waals surface area (Å²) < 4.78 is 6.66. The lowest BCUT2D eigenvalue weighted by Crippen LogP contribution is -3.16. The van der Waals surface area contributed by atoms with Gasteiger partial charge in [-0.05, 0) is 44.5 Å². The number of hydrogen-bond donors (Lipinski definition) is 2. The molecule has 1 aliphatic heterocycles. The van der Waals surface area contributed by atoms with E-state index >= 15 is 0 Å². The summed E-state index contributed by atoms with van der Waals surface area (Å²) in [5, 5.41) is 2.86. The molecule has 0 radical (unpaired) electrons. The highest BCUT2D eigenvalue weighted by molar-refractivity contribution is 9.10. The predicted octanol–water partition coefficient (Wildman–Crippen LogP) is 0.847. The van der Waals surface area contributed by atoms with Crippen molar-refractivity contribution in [3.8, 4) is 0 Å². The van der Waals surface area contributed by atoms with Gasteiger partial charge in [0.05, 0.1) is 6.54 Å². The van der Waals surface area contributed by atoms with Crippen LogP contribution in [0.2, 0.25) is 0 Å². The van der Waals surface area contributed by atoms with Gasteiger partial charge in [-0.2, -0.15) is 0 Å². The van der Waals surface area contributed by atoms with Crippen LogP contribution in [0.15, 0.2) is 22.7 Å². The molecule has 2 rings (SSSR count). The summed E-state index contributed by atoms with van der Waals surface area (Å²) in [7, 11) is 1.67. The maximum absolute atomic E-state index is 12.4. The van der Waals surface area contributed by atoms with Crippen LogP contribution >= 0.6 is 15.9 Å². The number of nitrogens with one attached hydrogen (secondary N) is 2. The van der Waals surface area contributed by atoms with Gasteiger partial charge in [-0.15, -0.1) is 0 Å². The van der Waals surface area contributed by atoms with Crippen LogP contribution in [-0.4, -0.2) is 62.1 Å². The number of aryl methyl sites for hydroxylation is 1. The smallest absolute Gasteiger partial charge is 0.277 e. The first kappa shape index (κ1) is 19.9. The number of halogens is 1. The van der Waals surface area contributed by atoms with Crippen LogP contribution in [0, 0.1) is 6.92 Å². The van der Waals surface area contributed by atoms with E-state index in [2.05, 4.69) is 21.2 Å². The molecule has 1 aliphatic rings. The van der Waals surface area contributed by atoms with Gasteiger partial charge in [0.2, 0.25) is 5.91 Å². The first-order chi connectivity index (χ1) is 11.7. The summed E-state index contributed by atoms with van der Waals surface area (Å²) in [4.78, 5) is 27.3. The molecule has 1 saturated heterocycles. The molecule has 2 atom stereocenters. The molecule has 1 aromatic carbocycles. The third-order valence-electron chi connectivity index (χ3n) is 4.29. The molecular formula is C18H27BrN3O3+. The summed E-state index contributed by atoms with van der Waals surface area (Å²) in [5.74, 6) is -0.223. The molecule has 0 aromatic heterocycles. The van der Waals surface area contributed by atoms with Gasteiger partial charge in [-0.25, -0.2) is 0 Å². The van der Waals surface area contributed by atoms with E-state index in [0.717, 1.165) is 28.8 Å². The second kappa shape index (κ2) is 8.78. The summed E-state index contributed by atoms with van der Waals surface area (Å²) in [6.07, 6.45) is 0.307. The maximum atomic E-state index is 12.4. The van der Waals surface area contributed by atoms with Crippen LogP contribution in [0.4, 0.5) is 5.69 Å². The van der Waals surface area contributed by atoms with E-state index in [4.69, 9.17) is 4.74 Å². The number of likely N-dealkylation sites (N-methyl/N-ethyl adjacent to an activating group) is 1. The zero-order valence-electron chi connectivity index (χ0n) is 15.3. The number of benzene rings is 1. The Morgan fingerprint density at radius 3 is 2.56 bits per heavy atom. The molecule has 2 amide bonds. The Labute approximate surface area is 157 Å². The van der Waals surface area contributed by atoms with Gasteiger partial charge in [0, 0.05) is 17.2 Å². The van der Waals surface area contributed by atoms with Crippen LogP contribution < -0.4 is 10.2 Å². The largest absolute Gasteiger partial charge is 0.364 e. The Bertz CT molecular complexity index is 628. The Kier molecular flexibility index (Phi) is 6.98. The average molecular weight is 413 g/mol. The number of carbonyl (C=O) groups excluding carboxylic acids is 2. The number of amides is 2. The van der Waals surface area contributed by atoms with Crippen molar-refractivity contribution >= 4 is 33.4 Å². The number of hydrogen-bond acceptors (Lipinski definition) is 3. The molecule has 0 unspecified atom stereocenters. The van der Waals surface area contributed by atoms with Crippen molar-refractivity contribution in [3.63, 3.8) is 0 Å². The van der Waals surface area contributed by atoms with Crippen molar-refractivity contribution in [1.82, 2.24) is 4.90 Å². The maximum Gasteiger partial charge on any atom is 0.277 e.